The van der Waals surface area contributed by atoms with E-state index in [-0.39, 0.29) is 12.8 Å². The van der Waals surface area contributed by atoms with Gasteiger partial charge in [-0.2, -0.15) is 0 Å². The molecule has 5 N–H and O–H groups in total. The van der Waals surface area contributed by atoms with E-state index in [0.29, 0.717) is 12.8 Å². The molecule has 0 spiro atoms. The van der Waals surface area contributed by atoms with Crippen LogP contribution in [0.3, 0.4) is 0 Å². The molecule has 1 fully saturated rings. The smallest absolute Gasteiger partial charge is 0.329 e. The molecule has 0 bridgehead atoms. The summed E-state index contributed by atoms with van der Waals surface area (Å²) in [4.78, 5) is 33.8. The van der Waals surface area contributed by atoms with E-state index in [0.717, 1.165) is 0 Å². The first-order chi connectivity index (χ1) is 9.29. The van der Waals surface area contributed by atoms with Crippen LogP contribution in [-0.4, -0.2) is 39.6 Å². The zero-order valence-corrected chi connectivity index (χ0v) is 12.2. The highest BCUT2D eigenvalue weighted by molar-refractivity contribution is 5.90. The van der Waals surface area contributed by atoms with Gasteiger partial charge in [-0.3, -0.25) is 9.59 Å². The van der Waals surface area contributed by atoms with E-state index in [2.05, 4.69) is 5.32 Å². The molecule has 0 radical (unpaired) electrons. The maximum absolute atomic E-state index is 11.6. The van der Waals surface area contributed by atoms with Gasteiger partial charge in [-0.1, -0.05) is 20.3 Å². The molecule has 1 aliphatic rings. The van der Waals surface area contributed by atoms with Gasteiger partial charge < -0.3 is 21.3 Å². The van der Waals surface area contributed by atoms with Gasteiger partial charge in [0.2, 0.25) is 5.91 Å². The summed E-state index contributed by atoms with van der Waals surface area (Å²) in [6.45, 7) is 5.45. The van der Waals surface area contributed by atoms with E-state index in [9.17, 15) is 19.5 Å². The van der Waals surface area contributed by atoms with Crippen molar-refractivity contribution >= 4 is 17.8 Å². The van der Waals surface area contributed by atoms with Crippen molar-refractivity contribution in [3.05, 3.63) is 0 Å². The fourth-order valence-electron chi connectivity index (χ4n) is 2.40. The maximum atomic E-state index is 11.6. The van der Waals surface area contributed by atoms with Crippen LogP contribution in [0.4, 0.5) is 0 Å². The minimum Gasteiger partial charge on any atom is -0.481 e. The van der Waals surface area contributed by atoms with E-state index >= 15 is 0 Å². The molecule has 1 rings (SSSR count). The number of rotatable bonds is 5. The predicted octanol–water partition coefficient (Wildman–Crippen LogP) is 0.574. The second-order valence-corrected chi connectivity index (χ2v) is 4.74. The Labute approximate surface area is 118 Å². The van der Waals surface area contributed by atoms with Gasteiger partial charge in [0.05, 0.1) is 12.5 Å². The number of nitrogens with one attached hydrogen (secondary N) is 1. The Bertz CT molecular complexity index is 370. The first-order valence-electron chi connectivity index (χ1n) is 6.82. The summed E-state index contributed by atoms with van der Waals surface area (Å²) in [5, 5.41) is 20.6. The fraction of sp³-hybridized carbons (Fsp3) is 0.769. The third kappa shape index (κ3) is 4.19. The number of aliphatic carboxylic acids is 2. The Balaban J connectivity index is 0.00000172. The van der Waals surface area contributed by atoms with Crippen LogP contribution in [0, 0.1) is 5.92 Å². The average Bonchev–Trinajstić information content (AvgIpc) is 2.75. The summed E-state index contributed by atoms with van der Waals surface area (Å²) in [5.74, 6) is -3.44. The molecule has 20 heavy (non-hydrogen) atoms. The van der Waals surface area contributed by atoms with E-state index in [1.54, 1.807) is 0 Å². The third-order valence-corrected chi connectivity index (χ3v) is 3.38. The Morgan fingerprint density at radius 1 is 1.35 bits per heavy atom. The number of carbonyl (C=O) groups is 3. The van der Waals surface area contributed by atoms with E-state index < -0.39 is 35.3 Å². The number of nitrogens with two attached hydrogens (primary N) is 1. The van der Waals surface area contributed by atoms with Gasteiger partial charge in [0.1, 0.15) is 5.54 Å². The zero-order valence-electron chi connectivity index (χ0n) is 12.2. The minimum atomic E-state index is -1.50. The molecule has 7 heteroatoms. The van der Waals surface area contributed by atoms with Crippen molar-refractivity contribution in [3.8, 4) is 0 Å². The number of carbonyl (C=O) groups excluding carboxylic acids is 1. The van der Waals surface area contributed by atoms with Crippen molar-refractivity contribution in [2.45, 2.75) is 58.0 Å². The maximum Gasteiger partial charge on any atom is 0.329 e. The normalized spacial score (nSPS) is 26.1. The van der Waals surface area contributed by atoms with Crippen LogP contribution in [-0.2, 0) is 14.4 Å². The van der Waals surface area contributed by atoms with Crippen LogP contribution in [0.25, 0.3) is 0 Å². The highest BCUT2D eigenvalue weighted by Gasteiger charge is 2.51. The van der Waals surface area contributed by atoms with Crippen LogP contribution in [0.15, 0.2) is 0 Å². The number of carboxylic acid groups (broad SMARTS) is 2. The molecule has 0 aromatic rings. The van der Waals surface area contributed by atoms with Gasteiger partial charge in [0.15, 0.2) is 0 Å². The first kappa shape index (κ1) is 18.4. The summed E-state index contributed by atoms with van der Waals surface area (Å²) in [7, 11) is 0. The molecule has 0 saturated heterocycles. The van der Waals surface area contributed by atoms with Gasteiger partial charge >= 0.3 is 11.9 Å². The molecule has 0 aromatic heterocycles. The lowest BCUT2D eigenvalue weighted by molar-refractivity contribution is -0.151. The second-order valence-electron chi connectivity index (χ2n) is 4.74. The highest BCUT2D eigenvalue weighted by Crippen LogP contribution is 2.38. The molecule has 7 nitrogen and oxygen atoms in total. The zero-order chi connectivity index (χ0) is 15.9. The molecule has 0 aromatic carbocycles. The molecule has 1 amide bonds. The number of hydrogen-bond donors (Lipinski definition) is 4. The molecule has 0 heterocycles. The standard InChI is InChI=1S/C11H18N2O5.C2H6/c1-6(12)9(16)13-11(10(17)18)4-2-3-7(11)5-8(14)15;1-2/h6-7H,2-5,12H2,1H3,(H,13,16)(H,14,15)(H,17,18);1-2H3/t6?,7?,11-;/m0./s1. The highest BCUT2D eigenvalue weighted by atomic mass is 16.4. The van der Waals surface area contributed by atoms with Crippen LogP contribution < -0.4 is 11.1 Å². The summed E-state index contributed by atoms with van der Waals surface area (Å²) >= 11 is 0. The van der Waals surface area contributed by atoms with Crippen molar-refractivity contribution in [3.63, 3.8) is 0 Å². The summed E-state index contributed by atoms with van der Waals surface area (Å²) in [5.41, 5.74) is 3.90. The van der Waals surface area contributed by atoms with E-state index in [1.165, 1.54) is 6.92 Å². The lowest BCUT2D eigenvalue weighted by atomic mass is 9.84. The summed E-state index contributed by atoms with van der Waals surface area (Å²) < 4.78 is 0. The van der Waals surface area contributed by atoms with Crippen molar-refractivity contribution in [1.82, 2.24) is 5.32 Å². The number of amides is 1. The van der Waals surface area contributed by atoms with Gasteiger partial charge in [-0.05, 0) is 19.8 Å². The predicted molar refractivity (Wildman–Crippen MR) is 73.1 cm³/mol. The van der Waals surface area contributed by atoms with Crippen LogP contribution >= 0.6 is 0 Å². The lowest BCUT2D eigenvalue weighted by Gasteiger charge is -2.32. The van der Waals surface area contributed by atoms with Crippen molar-refractivity contribution < 1.29 is 24.6 Å². The number of hydrogen-bond acceptors (Lipinski definition) is 4. The van der Waals surface area contributed by atoms with Gasteiger partial charge in [-0.25, -0.2) is 4.79 Å². The summed E-state index contributed by atoms with van der Waals surface area (Å²) in [6.07, 6.45) is 1.01. The van der Waals surface area contributed by atoms with Crippen molar-refractivity contribution in [1.29, 1.82) is 0 Å². The van der Waals surface area contributed by atoms with E-state index in [4.69, 9.17) is 10.8 Å². The monoisotopic (exact) mass is 288 g/mol. The quantitative estimate of drug-likeness (QED) is 0.585. The third-order valence-electron chi connectivity index (χ3n) is 3.38. The topological polar surface area (TPSA) is 130 Å². The van der Waals surface area contributed by atoms with E-state index in [1.807, 2.05) is 13.8 Å². The lowest BCUT2D eigenvalue weighted by Crippen LogP contribution is -2.60. The molecular weight excluding hydrogens is 264 g/mol. The summed E-state index contributed by atoms with van der Waals surface area (Å²) in [6, 6.07) is -0.827. The average molecular weight is 288 g/mol. The number of carboxylic acids is 2. The van der Waals surface area contributed by atoms with Crippen molar-refractivity contribution in [2.24, 2.45) is 11.7 Å². The Morgan fingerprint density at radius 3 is 2.30 bits per heavy atom. The molecule has 116 valence electrons. The molecule has 1 aliphatic carbocycles. The largest absolute Gasteiger partial charge is 0.481 e. The molecule has 1 saturated carbocycles. The Hall–Kier alpha value is -1.63. The SMILES string of the molecule is CC.CC(N)C(=O)N[C@@]1(C(=O)O)CCCC1CC(=O)O. The van der Waals surface area contributed by atoms with Gasteiger partial charge in [-0.15, -0.1) is 0 Å². The molecule has 3 atom stereocenters. The van der Waals surface area contributed by atoms with Crippen LogP contribution in [0.2, 0.25) is 0 Å². The molecular formula is C13H24N2O5. The van der Waals surface area contributed by atoms with Crippen LogP contribution in [0.1, 0.15) is 46.5 Å². The fourth-order valence-corrected chi connectivity index (χ4v) is 2.40. The molecule has 0 aliphatic heterocycles. The van der Waals surface area contributed by atoms with Gasteiger partial charge in [0, 0.05) is 5.92 Å². The van der Waals surface area contributed by atoms with Crippen LogP contribution in [0.5, 0.6) is 0 Å². The Morgan fingerprint density at radius 2 is 1.90 bits per heavy atom. The van der Waals surface area contributed by atoms with Gasteiger partial charge in [0.25, 0.3) is 0 Å². The van der Waals surface area contributed by atoms with Crippen molar-refractivity contribution in [2.75, 3.05) is 0 Å². The first-order valence-corrected chi connectivity index (χ1v) is 6.82. The molecule has 2 unspecified atom stereocenters. The second kappa shape index (κ2) is 7.84. The Kier molecular flexibility index (Phi) is 7.20. The minimum absolute atomic E-state index is 0.235.